The molecule has 0 bridgehead atoms. The number of nitrogens with zero attached hydrogens (tertiary/aromatic N) is 1. The van der Waals surface area contributed by atoms with Gasteiger partial charge in [0.1, 0.15) is 10.6 Å². The first-order valence-corrected chi connectivity index (χ1v) is 11.4. The quantitative estimate of drug-likeness (QED) is 0.740. The van der Waals surface area contributed by atoms with E-state index in [0.717, 1.165) is 12.0 Å². The lowest BCUT2D eigenvalue weighted by Gasteiger charge is -2.25. The topological polar surface area (TPSA) is 110 Å². The summed E-state index contributed by atoms with van der Waals surface area (Å²) in [6.07, 6.45) is 2.16. The third-order valence-electron chi connectivity index (χ3n) is 5.13. The zero-order valence-corrected chi connectivity index (χ0v) is 17.5. The minimum atomic E-state index is -3.66. The maximum Gasteiger partial charge on any atom is 0.268 e. The van der Waals surface area contributed by atoms with Crippen molar-refractivity contribution in [3.63, 3.8) is 0 Å². The molecule has 2 aromatic rings. The van der Waals surface area contributed by atoms with Crippen molar-refractivity contribution in [2.45, 2.75) is 24.3 Å². The molecule has 1 unspecified atom stereocenters. The van der Waals surface area contributed by atoms with Crippen molar-refractivity contribution < 1.29 is 27.4 Å². The lowest BCUT2D eigenvalue weighted by Crippen LogP contribution is -2.40. The molecule has 9 nitrogen and oxygen atoms in total. The van der Waals surface area contributed by atoms with Crippen molar-refractivity contribution in [3.8, 4) is 11.5 Å². The predicted molar refractivity (Wildman–Crippen MR) is 108 cm³/mol. The third kappa shape index (κ3) is 4.30. The van der Waals surface area contributed by atoms with Gasteiger partial charge in [-0.15, -0.1) is 0 Å². The van der Waals surface area contributed by atoms with Crippen molar-refractivity contribution in [2.75, 3.05) is 39.5 Å². The van der Waals surface area contributed by atoms with Crippen LogP contribution in [0.25, 0.3) is 0 Å². The molecule has 4 rings (SSSR count). The molecule has 1 fully saturated rings. The number of sulfonamides is 1. The summed E-state index contributed by atoms with van der Waals surface area (Å²) in [4.78, 5) is 15.5. The van der Waals surface area contributed by atoms with Gasteiger partial charge in [-0.25, -0.2) is 8.42 Å². The van der Waals surface area contributed by atoms with Gasteiger partial charge in [0.05, 0.1) is 32.5 Å². The molecule has 1 aromatic carbocycles. The van der Waals surface area contributed by atoms with Crippen LogP contribution in [0.2, 0.25) is 0 Å². The molecule has 0 saturated carbocycles. The number of hydrogen-bond acceptors (Lipinski definition) is 6. The van der Waals surface area contributed by atoms with E-state index in [4.69, 9.17) is 14.2 Å². The van der Waals surface area contributed by atoms with E-state index in [2.05, 4.69) is 10.3 Å². The largest absolute Gasteiger partial charge is 0.490 e. The summed E-state index contributed by atoms with van der Waals surface area (Å²) < 4.78 is 43.4. The Balaban J connectivity index is 1.45. The van der Waals surface area contributed by atoms with Crippen molar-refractivity contribution in [2.24, 2.45) is 0 Å². The fourth-order valence-corrected chi connectivity index (χ4v) is 4.80. The Kier molecular flexibility index (Phi) is 5.98. The van der Waals surface area contributed by atoms with Gasteiger partial charge in [0.2, 0.25) is 10.0 Å². The smallest absolute Gasteiger partial charge is 0.268 e. The lowest BCUT2D eigenvalue weighted by atomic mass is 10.1. The highest BCUT2D eigenvalue weighted by molar-refractivity contribution is 7.89. The third-order valence-corrected chi connectivity index (χ3v) is 7.00. The number of rotatable bonds is 5. The van der Waals surface area contributed by atoms with Crippen LogP contribution in [0.15, 0.2) is 35.4 Å². The van der Waals surface area contributed by atoms with E-state index in [1.54, 1.807) is 0 Å². The molecule has 10 heteroatoms. The van der Waals surface area contributed by atoms with Crippen LogP contribution in [0.5, 0.6) is 11.5 Å². The number of H-pyrrole nitrogens is 1. The average Bonchev–Trinajstić information content (AvgIpc) is 3.15. The van der Waals surface area contributed by atoms with E-state index in [9.17, 15) is 13.2 Å². The molecule has 2 N–H and O–H groups in total. The second-order valence-corrected chi connectivity index (χ2v) is 9.16. The van der Waals surface area contributed by atoms with E-state index in [0.29, 0.717) is 51.0 Å². The van der Waals surface area contributed by atoms with Gasteiger partial charge in [-0.3, -0.25) is 4.79 Å². The summed E-state index contributed by atoms with van der Waals surface area (Å²) >= 11 is 0. The molecule has 0 radical (unpaired) electrons. The number of nitrogens with one attached hydrogen (secondary N) is 2. The first-order valence-electron chi connectivity index (χ1n) is 9.92. The molecule has 0 spiro atoms. The Hall–Kier alpha value is -2.56. The monoisotopic (exact) mass is 435 g/mol. The first-order chi connectivity index (χ1) is 14.4. The minimum Gasteiger partial charge on any atom is -0.490 e. The van der Waals surface area contributed by atoms with Crippen LogP contribution < -0.4 is 14.8 Å². The molecular formula is C20H25N3O6S. The molecule has 3 heterocycles. The Morgan fingerprint density at radius 1 is 1.10 bits per heavy atom. The van der Waals surface area contributed by atoms with Crippen molar-refractivity contribution in [1.82, 2.24) is 14.6 Å². The second-order valence-electron chi connectivity index (χ2n) is 7.22. The Morgan fingerprint density at radius 2 is 1.83 bits per heavy atom. The summed E-state index contributed by atoms with van der Waals surface area (Å²) in [7, 11) is -3.66. The van der Waals surface area contributed by atoms with E-state index in [-0.39, 0.29) is 16.6 Å². The fourth-order valence-electron chi connectivity index (χ4n) is 3.40. The van der Waals surface area contributed by atoms with Gasteiger partial charge < -0.3 is 24.5 Å². The zero-order chi connectivity index (χ0) is 21.1. The maximum atomic E-state index is 12.7. The Morgan fingerprint density at radius 3 is 2.60 bits per heavy atom. The summed E-state index contributed by atoms with van der Waals surface area (Å²) in [6, 6.07) is 6.62. The van der Waals surface area contributed by atoms with Gasteiger partial charge in [0, 0.05) is 25.7 Å². The summed E-state index contributed by atoms with van der Waals surface area (Å²) in [5.41, 5.74) is 1.04. The molecule has 2 aliphatic rings. The van der Waals surface area contributed by atoms with Crippen molar-refractivity contribution in [3.05, 3.63) is 41.7 Å². The Labute approximate surface area is 175 Å². The number of ether oxygens (including phenoxy) is 3. The Bertz CT molecular complexity index is 1010. The number of carbonyl (C=O) groups is 1. The van der Waals surface area contributed by atoms with Crippen LogP contribution in [-0.4, -0.2) is 63.1 Å². The van der Waals surface area contributed by atoms with Crippen LogP contribution in [0, 0.1) is 0 Å². The van der Waals surface area contributed by atoms with E-state index in [1.165, 1.54) is 16.6 Å². The minimum absolute atomic E-state index is 0.0674. The number of carbonyl (C=O) groups excluding carboxylic acids is 1. The van der Waals surface area contributed by atoms with Crippen molar-refractivity contribution in [1.29, 1.82) is 0 Å². The zero-order valence-electron chi connectivity index (χ0n) is 16.7. The summed E-state index contributed by atoms with van der Waals surface area (Å²) in [5, 5.41) is 2.88. The number of aromatic amines is 1. The highest BCUT2D eigenvalue weighted by Gasteiger charge is 2.28. The standard InChI is InChI=1S/C20H25N3O6S/c1-14(15-3-4-18-19(11-15)29-8-2-7-28-18)22-20(24)17-12-16(13-21-17)30(25,26)23-5-9-27-10-6-23/h3-4,11-14,21H,2,5-10H2,1H3,(H,22,24). The number of aromatic nitrogens is 1. The molecule has 162 valence electrons. The molecule has 1 saturated heterocycles. The molecule has 1 amide bonds. The van der Waals surface area contributed by atoms with E-state index in [1.807, 2.05) is 25.1 Å². The SMILES string of the molecule is CC(NC(=O)c1cc(S(=O)(=O)N2CCOCC2)c[nH]1)c1ccc2c(c1)OCCCO2. The number of fused-ring (bicyclic) bond motifs is 1. The average molecular weight is 436 g/mol. The normalized spacial score (nSPS) is 18.4. The summed E-state index contributed by atoms with van der Waals surface area (Å²) in [5.74, 6) is 0.958. The number of morpholine rings is 1. The fraction of sp³-hybridized carbons (Fsp3) is 0.450. The van der Waals surface area contributed by atoms with Gasteiger partial charge in [-0.05, 0) is 30.7 Å². The highest BCUT2D eigenvalue weighted by atomic mass is 32.2. The van der Waals surface area contributed by atoms with Crippen molar-refractivity contribution >= 4 is 15.9 Å². The van der Waals surface area contributed by atoms with E-state index >= 15 is 0 Å². The van der Waals surface area contributed by atoms with Crippen LogP contribution in [0.1, 0.15) is 35.4 Å². The number of hydrogen-bond donors (Lipinski definition) is 2. The second kappa shape index (κ2) is 8.66. The van der Waals surface area contributed by atoms with E-state index < -0.39 is 15.9 Å². The van der Waals surface area contributed by atoms with Gasteiger partial charge in [-0.1, -0.05) is 6.07 Å². The molecule has 1 atom stereocenters. The maximum absolute atomic E-state index is 12.7. The summed E-state index contributed by atoms with van der Waals surface area (Å²) in [6.45, 7) is 4.38. The van der Waals surface area contributed by atoms with Crippen LogP contribution >= 0.6 is 0 Å². The lowest BCUT2D eigenvalue weighted by molar-refractivity contribution is 0.0730. The first kappa shape index (κ1) is 20.7. The van der Waals surface area contributed by atoms with Gasteiger partial charge in [-0.2, -0.15) is 4.31 Å². The number of benzene rings is 1. The number of amides is 1. The highest BCUT2D eigenvalue weighted by Crippen LogP contribution is 2.32. The molecule has 1 aromatic heterocycles. The predicted octanol–water partition coefficient (Wildman–Crippen LogP) is 1.69. The molecule has 2 aliphatic heterocycles. The van der Waals surface area contributed by atoms with Crippen LogP contribution in [0.4, 0.5) is 0 Å². The van der Waals surface area contributed by atoms with Crippen LogP contribution in [0.3, 0.4) is 0 Å². The van der Waals surface area contributed by atoms with Gasteiger partial charge >= 0.3 is 0 Å². The van der Waals surface area contributed by atoms with Gasteiger partial charge in [0.15, 0.2) is 11.5 Å². The molecule has 0 aliphatic carbocycles. The van der Waals surface area contributed by atoms with Gasteiger partial charge in [0.25, 0.3) is 5.91 Å². The molecular weight excluding hydrogens is 410 g/mol. The van der Waals surface area contributed by atoms with Crippen LogP contribution in [-0.2, 0) is 14.8 Å². The molecule has 30 heavy (non-hydrogen) atoms.